The first kappa shape index (κ1) is 13.7. The van der Waals surface area contributed by atoms with Crippen LogP contribution in [0.25, 0.3) is 0 Å². The second kappa shape index (κ2) is 6.04. The lowest BCUT2D eigenvalue weighted by Gasteiger charge is -2.21. The van der Waals surface area contributed by atoms with E-state index < -0.39 is 0 Å². The molecule has 1 heterocycles. The Kier molecular flexibility index (Phi) is 3.96. The monoisotopic (exact) mass is 278 g/mol. The van der Waals surface area contributed by atoms with E-state index in [1.54, 1.807) is 0 Å². The third-order valence-corrected chi connectivity index (χ3v) is 3.86. The third-order valence-electron chi connectivity index (χ3n) is 3.86. The van der Waals surface area contributed by atoms with Crippen molar-refractivity contribution in [3.63, 3.8) is 0 Å². The normalized spacial score (nSPS) is 14.0. The number of benzene rings is 2. The maximum absolute atomic E-state index is 2.35. The minimum Gasteiger partial charge on any atom is -0.354 e. The van der Waals surface area contributed by atoms with Gasteiger partial charge in [0.15, 0.2) is 0 Å². The summed E-state index contributed by atoms with van der Waals surface area (Å²) in [7, 11) is 0. The summed E-state index contributed by atoms with van der Waals surface area (Å²) in [6.45, 7) is 7.16. The van der Waals surface area contributed by atoms with Crippen LogP contribution in [-0.2, 0) is 13.1 Å². The quantitative estimate of drug-likeness (QED) is 0.832. The fourth-order valence-corrected chi connectivity index (χ4v) is 2.58. The Balaban J connectivity index is 1.55. The second-order valence-corrected chi connectivity index (χ2v) is 5.90. The van der Waals surface area contributed by atoms with Crippen molar-refractivity contribution in [2.24, 2.45) is 0 Å². The van der Waals surface area contributed by atoms with Gasteiger partial charge in [-0.2, -0.15) is 0 Å². The van der Waals surface area contributed by atoms with Gasteiger partial charge in [0.1, 0.15) is 0 Å². The van der Waals surface area contributed by atoms with Gasteiger partial charge < -0.3 is 9.80 Å². The van der Waals surface area contributed by atoms with Crippen LogP contribution in [0.4, 0.5) is 0 Å². The Labute approximate surface area is 127 Å². The van der Waals surface area contributed by atoms with Crippen molar-refractivity contribution in [3.05, 3.63) is 83.2 Å². The second-order valence-electron chi connectivity index (χ2n) is 5.90. The van der Waals surface area contributed by atoms with Crippen LogP contribution in [0.5, 0.6) is 0 Å². The molecule has 0 radical (unpaired) electrons. The number of rotatable bonds is 4. The topological polar surface area (TPSA) is 6.48 Å². The maximum atomic E-state index is 2.35. The first-order valence-corrected chi connectivity index (χ1v) is 7.46. The van der Waals surface area contributed by atoms with Crippen LogP contribution in [0.2, 0.25) is 0 Å². The van der Waals surface area contributed by atoms with E-state index in [1.807, 2.05) is 0 Å². The molecule has 2 aromatic rings. The smallest absolute Gasteiger partial charge is 0.0900 e. The zero-order chi connectivity index (χ0) is 14.7. The SMILES string of the molecule is Cc1ccc(CN2C=CN(Cc3ccc(C)cc3)C2)cc1. The van der Waals surface area contributed by atoms with E-state index in [1.165, 1.54) is 22.3 Å². The molecule has 108 valence electrons. The number of aryl methyl sites for hydroxylation is 2. The van der Waals surface area contributed by atoms with Gasteiger partial charge in [0.25, 0.3) is 0 Å². The van der Waals surface area contributed by atoms with Crippen molar-refractivity contribution in [1.29, 1.82) is 0 Å². The van der Waals surface area contributed by atoms with Crippen LogP contribution in [0.3, 0.4) is 0 Å². The molecule has 0 aromatic heterocycles. The fourth-order valence-electron chi connectivity index (χ4n) is 2.58. The van der Waals surface area contributed by atoms with Gasteiger partial charge in [-0.3, -0.25) is 0 Å². The van der Waals surface area contributed by atoms with Gasteiger partial charge in [0.2, 0.25) is 0 Å². The van der Waals surface area contributed by atoms with Gasteiger partial charge >= 0.3 is 0 Å². The summed E-state index contributed by atoms with van der Waals surface area (Å²) >= 11 is 0. The molecule has 21 heavy (non-hydrogen) atoms. The van der Waals surface area contributed by atoms with E-state index >= 15 is 0 Å². The summed E-state index contributed by atoms with van der Waals surface area (Å²) in [5.41, 5.74) is 5.36. The van der Waals surface area contributed by atoms with E-state index in [0.29, 0.717) is 0 Å². The van der Waals surface area contributed by atoms with E-state index in [0.717, 1.165) is 19.8 Å². The Morgan fingerprint density at radius 2 is 1.05 bits per heavy atom. The van der Waals surface area contributed by atoms with Gasteiger partial charge in [-0.25, -0.2) is 0 Å². The molecule has 1 aliphatic rings. The van der Waals surface area contributed by atoms with Gasteiger partial charge in [-0.05, 0) is 25.0 Å². The van der Waals surface area contributed by atoms with Crippen molar-refractivity contribution in [1.82, 2.24) is 9.80 Å². The van der Waals surface area contributed by atoms with Crippen LogP contribution >= 0.6 is 0 Å². The third kappa shape index (κ3) is 3.66. The maximum Gasteiger partial charge on any atom is 0.0900 e. The summed E-state index contributed by atoms with van der Waals surface area (Å²) < 4.78 is 0. The van der Waals surface area contributed by atoms with E-state index in [2.05, 4.69) is 84.6 Å². The Bertz CT molecular complexity index is 556. The lowest BCUT2D eigenvalue weighted by atomic mass is 10.1. The highest BCUT2D eigenvalue weighted by Gasteiger charge is 2.12. The molecule has 0 aliphatic carbocycles. The Morgan fingerprint density at radius 3 is 1.43 bits per heavy atom. The first-order chi connectivity index (χ1) is 10.2. The molecule has 1 aliphatic heterocycles. The van der Waals surface area contributed by atoms with Crippen molar-refractivity contribution in [2.45, 2.75) is 26.9 Å². The molecule has 2 nitrogen and oxygen atoms in total. The molecule has 0 spiro atoms. The van der Waals surface area contributed by atoms with Gasteiger partial charge in [-0.15, -0.1) is 0 Å². The number of nitrogens with zero attached hydrogens (tertiary/aromatic N) is 2. The van der Waals surface area contributed by atoms with Crippen molar-refractivity contribution >= 4 is 0 Å². The Morgan fingerprint density at radius 1 is 0.667 bits per heavy atom. The molecule has 0 amide bonds. The predicted octanol–water partition coefficient (Wildman–Crippen LogP) is 4.05. The fraction of sp³-hybridized carbons (Fsp3) is 0.263. The van der Waals surface area contributed by atoms with E-state index in [4.69, 9.17) is 0 Å². The number of hydrogen-bond donors (Lipinski definition) is 0. The molecular formula is C19H22N2. The summed E-state index contributed by atoms with van der Waals surface area (Å²) in [5.74, 6) is 0. The van der Waals surface area contributed by atoms with E-state index in [-0.39, 0.29) is 0 Å². The summed E-state index contributed by atoms with van der Waals surface area (Å²) in [6.07, 6.45) is 4.38. The number of hydrogen-bond acceptors (Lipinski definition) is 2. The van der Waals surface area contributed by atoms with Gasteiger partial charge in [0.05, 0.1) is 6.67 Å². The highest BCUT2D eigenvalue weighted by molar-refractivity contribution is 5.23. The van der Waals surface area contributed by atoms with Crippen molar-refractivity contribution < 1.29 is 0 Å². The van der Waals surface area contributed by atoms with Crippen LogP contribution < -0.4 is 0 Å². The minimum atomic E-state index is 0.960. The van der Waals surface area contributed by atoms with Gasteiger partial charge in [-0.1, -0.05) is 59.7 Å². The molecule has 0 saturated carbocycles. The molecule has 2 aromatic carbocycles. The largest absolute Gasteiger partial charge is 0.354 e. The molecule has 0 bridgehead atoms. The lowest BCUT2D eigenvalue weighted by Crippen LogP contribution is -2.24. The molecule has 0 N–H and O–H groups in total. The molecule has 0 fully saturated rings. The average Bonchev–Trinajstić information content (AvgIpc) is 2.91. The standard InChI is InChI=1S/C19H22N2/c1-16-3-7-18(8-4-16)13-20-11-12-21(15-20)14-19-9-5-17(2)6-10-19/h3-12H,13-15H2,1-2H3. The predicted molar refractivity (Wildman–Crippen MR) is 87.5 cm³/mol. The molecule has 0 unspecified atom stereocenters. The highest BCUT2D eigenvalue weighted by Crippen LogP contribution is 2.15. The van der Waals surface area contributed by atoms with Crippen molar-refractivity contribution in [2.75, 3.05) is 6.67 Å². The first-order valence-electron chi connectivity index (χ1n) is 7.46. The molecule has 3 rings (SSSR count). The zero-order valence-electron chi connectivity index (χ0n) is 12.8. The molecular weight excluding hydrogens is 256 g/mol. The zero-order valence-corrected chi connectivity index (χ0v) is 12.8. The molecule has 0 atom stereocenters. The summed E-state index contributed by atoms with van der Waals surface area (Å²) in [4.78, 5) is 4.69. The summed E-state index contributed by atoms with van der Waals surface area (Å²) in [6, 6.07) is 17.6. The molecule has 2 heteroatoms. The van der Waals surface area contributed by atoms with Gasteiger partial charge in [0, 0.05) is 25.5 Å². The van der Waals surface area contributed by atoms with Crippen LogP contribution in [-0.4, -0.2) is 16.5 Å². The average molecular weight is 278 g/mol. The minimum absolute atomic E-state index is 0.960. The van der Waals surface area contributed by atoms with Crippen molar-refractivity contribution in [3.8, 4) is 0 Å². The molecule has 0 saturated heterocycles. The van der Waals surface area contributed by atoms with Crippen LogP contribution in [0.1, 0.15) is 22.3 Å². The highest BCUT2D eigenvalue weighted by atomic mass is 15.3. The lowest BCUT2D eigenvalue weighted by molar-refractivity contribution is 0.255. The van der Waals surface area contributed by atoms with Crippen LogP contribution in [0, 0.1) is 13.8 Å². The Hall–Kier alpha value is -2.22. The van der Waals surface area contributed by atoms with Crippen LogP contribution in [0.15, 0.2) is 60.9 Å². The summed E-state index contributed by atoms with van der Waals surface area (Å²) in [5, 5.41) is 0. The van der Waals surface area contributed by atoms with E-state index in [9.17, 15) is 0 Å².